The molecule has 3 aromatic carbocycles. The average Bonchev–Trinajstić information content (AvgIpc) is 2.94. The molecule has 206 valence electrons. The third kappa shape index (κ3) is 6.84. The molecule has 10 heteroatoms. The summed E-state index contributed by atoms with van der Waals surface area (Å²) in [7, 11) is 7.55. The summed E-state index contributed by atoms with van der Waals surface area (Å²) in [5, 5.41) is 3.04. The van der Waals surface area contributed by atoms with Gasteiger partial charge < -0.3 is 29.0 Å². The normalized spacial score (nSPS) is 11.5. The maximum Gasteiger partial charge on any atom is 0.416 e. The zero-order chi connectivity index (χ0) is 28.6. The Morgan fingerprint density at radius 2 is 1.33 bits per heavy atom. The van der Waals surface area contributed by atoms with Gasteiger partial charge in [-0.25, -0.2) is 0 Å². The van der Waals surface area contributed by atoms with Crippen LogP contribution in [0.5, 0.6) is 28.7 Å². The van der Waals surface area contributed by atoms with Crippen LogP contribution >= 0.6 is 0 Å². The molecule has 0 aromatic heterocycles. The quantitative estimate of drug-likeness (QED) is 0.163. The van der Waals surface area contributed by atoms with Crippen molar-refractivity contribution in [3.05, 3.63) is 83.1 Å². The van der Waals surface area contributed by atoms with Crippen LogP contribution in [0.15, 0.2) is 60.8 Å². The Morgan fingerprint density at radius 3 is 1.85 bits per heavy atom. The van der Waals surface area contributed by atoms with E-state index in [4.69, 9.17) is 23.7 Å². The van der Waals surface area contributed by atoms with Crippen molar-refractivity contribution in [3.8, 4) is 28.7 Å². The molecule has 0 aliphatic heterocycles. The van der Waals surface area contributed by atoms with Gasteiger partial charge in [-0.3, -0.25) is 4.79 Å². The van der Waals surface area contributed by atoms with E-state index in [1.54, 1.807) is 24.3 Å². The maximum atomic E-state index is 12.8. The van der Waals surface area contributed by atoms with Crippen molar-refractivity contribution in [2.45, 2.75) is 6.18 Å². The van der Waals surface area contributed by atoms with Crippen LogP contribution in [0.2, 0.25) is 0 Å². The maximum absolute atomic E-state index is 12.8. The molecular formula is C29H28F3NO6. The largest absolute Gasteiger partial charge is 0.493 e. The average molecular weight is 544 g/mol. The number of halogens is 3. The minimum absolute atomic E-state index is 0.112. The first-order valence-electron chi connectivity index (χ1n) is 11.5. The molecule has 0 spiro atoms. The lowest BCUT2D eigenvalue weighted by Gasteiger charge is -2.15. The summed E-state index contributed by atoms with van der Waals surface area (Å²) >= 11 is 0. The third-order valence-corrected chi connectivity index (χ3v) is 5.68. The molecule has 1 N–H and O–H groups in total. The zero-order valence-corrected chi connectivity index (χ0v) is 22.0. The van der Waals surface area contributed by atoms with Crippen LogP contribution in [0, 0.1) is 0 Å². The number of alkyl halides is 3. The Bertz CT molecular complexity index is 1340. The standard InChI is InChI=1S/C29H28F3NO6/c1-35-23-13-10-20(7-6-18-16-24(36-2)27(38-4)25(17-18)37-3)26(28(23)39-5)33-15-14-22(34)19-8-11-21(12-9-19)29(30,31)32/h6-17,33H,1-5H3/b7-6-,15-14-. The fourth-order valence-electron chi connectivity index (χ4n) is 3.73. The molecule has 0 saturated heterocycles. The van der Waals surface area contributed by atoms with Crippen LogP contribution in [0.25, 0.3) is 12.2 Å². The number of methoxy groups -OCH3 is 5. The van der Waals surface area contributed by atoms with Crippen molar-refractivity contribution in [3.63, 3.8) is 0 Å². The van der Waals surface area contributed by atoms with Crippen molar-refractivity contribution in [1.82, 2.24) is 0 Å². The Labute approximate surface area is 224 Å². The number of carbonyl (C=O) groups is 1. The summed E-state index contributed by atoms with van der Waals surface area (Å²) in [6.07, 6.45) is 1.76. The Balaban J connectivity index is 1.92. The SMILES string of the molecule is COc1cc(/C=C\c2ccc(OC)c(OC)c2N/C=C\C(=O)c2ccc(C(F)(F)F)cc2)cc(OC)c1OC. The molecule has 3 rings (SSSR count). The first kappa shape index (κ1) is 29.0. The number of anilines is 1. The van der Waals surface area contributed by atoms with E-state index in [0.717, 1.165) is 29.8 Å². The second-order valence-corrected chi connectivity index (χ2v) is 7.97. The van der Waals surface area contributed by atoms with E-state index >= 15 is 0 Å². The number of nitrogens with one attached hydrogen (secondary N) is 1. The first-order chi connectivity index (χ1) is 18.7. The lowest BCUT2D eigenvalue weighted by molar-refractivity contribution is -0.137. The molecular weight excluding hydrogens is 515 g/mol. The van der Waals surface area contributed by atoms with Crippen LogP contribution in [0.1, 0.15) is 27.0 Å². The smallest absolute Gasteiger partial charge is 0.416 e. The van der Waals surface area contributed by atoms with Gasteiger partial charge in [0.2, 0.25) is 5.75 Å². The Kier molecular flexibility index (Phi) is 9.48. The van der Waals surface area contributed by atoms with E-state index < -0.39 is 17.5 Å². The molecule has 0 aliphatic rings. The molecule has 0 radical (unpaired) electrons. The van der Waals surface area contributed by atoms with Gasteiger partial charge in [-0.05, 0) is 42.0 Å². The zero-order valence-electron chi connectivity index (χ0n) is 22.0. The molecule has 0 heterocycles. The van der Waals surface area contributed by atoms with Gasteiger partial charge in [-0.1, -0.05) is 24.3 Å². The number of carbonyl (C=O) groups excluding carboxylic acids is 1. The van der Waals surface area contributed by atoms with Crippen LogP contribution in [0.4, 0.5) is 18.9 Å². The highest BCUT2D eigenvalue weighted by Crippen LogP contribution is 2.41. The van der Waals surface area contributed by atoms with E-state index in [1.165, 1.54) is 47.8 Å². The Morgan fingerprint density at radius 1 is 0.744 bits per heavy atom. The van der Waals surface area contributed by atoms with Crippen LogP contribution < -0.4 is 29.0 Å². The lowest BCUT2D eigenvalue weighted by Crippen LogP contribution is -2.05. The van der Waals surface area contributed by atoms with Gasteiger partial charge in [-0.15, -0.1) is 0 Å². The van der Waals surface area contributed by atoms with Gasteiger partial charge in [0.15, 0.2) is 28.8 Å². The number of ketones is 1. The van der Waals surface area contributed by atoms with Crippen LogP contribution in [-0.4, -0.2) is 41.3 Å². The summed E-state index contributed by atoms with van der Waals surface area (Å²) in [5.41, 5.74) is 1.23. The summed E-state index contributed by atoms with van der Waals surface area (Å²) < 4.78 is 65.6. The van der Waals surface area contributed by atoms with E-state index in [-0.39, 0.29) is 5.56 Å². The fourth-order valence-corrected chi connectivity index (χ4v) is 3.73. The summed E-state index contributed by atoms with van der Waals surface area (Å²) in [4.78, 5) is 12.5. The lowest BCUT2D eigenvalue weighted by atomic mass is 10.1. The number of benzene rings is 3. The van der Waals surface area contributed by atoms with Crippen LogP contribution in [-0.2, 0) is 6.18 Å². The Hall–Kier alpha value is -4.60. The molecule has 0 saturated carbocycles. The highest BCUT2D eigenvalue weighted by Gasteiger charge is 2.30. The topological polar surface area (TPSA) is 75.2 Å². The summed E-state index contributed by atoms with van der Waals surface area (Å²) in [6, 6.07) is 11.1. The highest BCUT2D eigenvalue weighted by atomic mass is 19.4. The second-order valence-electron chi connectivity index (χ2n) is 7.97. The van der Waals surface area contributed by atoms with E-state index in [0.29, 0.717) is 40.0 Å². The first-order valence-corrected chi connectivity index (χ1v) is 11.5. The molecule has 0 aliphatic carbocycles. The van der Waals surface area contributed by atoms with E-state index in [9.17, 15) is 18.0 Å². The second kappa shape index (κ2) is 12.8. The van der Waals surface area contributed by atoms with Crippen molar-refractivity contribution in [1.29, 1.82) is 0 Å². The molecule has 39 heavy (non-hydrogen) atoms. The highest BCUT2D eigenvalue weighted by molar-refractivity contribution is 6.04. The molecule has 0 atom stereocenters. The minimum Gasteiger partial charge on any atom is -0.493 e. The minimum atomic E-state index is -4.48. The van der Waals surface area contributed by atoms with Gasteiger partial charge in [0.1, 0.15) is 0 Å². The van der Waals surface area contributed by atoms with Crippen molar-refractivity contribution >= 4 is 23.6 Å². The number of hydrogen-bond acceptors (Lipinski definition) is 7. The van der Waals surface area contributed by atoms with Crippen molar-refractivity contribution in [2.24, 2.45) is 0 Å². The van der Waals surface area contributed by atoms with Gasteiger partial charge in [0.25, 0.3) is 0 Å². The fraction of sp³-hybridized carbons (Fsp3) is 0.207. The molecule has 7 nitrogen and oxygen atoms in total. The van der Waals surface area contributed by atoms with E-state index in [1.807, 2.05) is 12.2 Å². The van der Waals surface area contributed by atoms with Crippen molar-refractivity contribution < 1.29 is 41.7 Å². The van der Waals surface area contributed by atoms with Gasteiger partial charge in [0.05, 0.1) is 46.8 Å². The molecule has 0 fully saturated rings. The van der Waals surface area contributed by atoms with Crippen molar-refractivity contribution in [2.75, 3.05) is 40.9 Å². The molecule has 0 amide bonds. The molecule has 3 aromatic rings. The number of hydrogen-bond donors (Lipinski definition) is 1. The summed E-state index contributed by atoms with van der Waals surface area (Å²) in [5.74, 6) is 1.81. The predicted molar refractivity (Wildman–Crippen MR) is 143 cm³/mol. The van der Waals surface area contributed by atoms with Gasteiger partial charge >= 0.3 is 6.18 Å². The third-order valence-electron chi connectivity index (χ3n) is 5.68. The molecule has 0 unspecified atom stereocenters. The number of ether oxygens (including phenoxy) is 5. The predicted octanol–water partition coefficient (Wildman–Crippen LogP) is 6.73. The van der Waals surface area contributed by atoms with Gasteiger partial charge in [-0.2, -0.15) is 13.2 Å². The number of allylic oxidation sites excluding steroid dienone is 1. The van der Waals surface area contributed by atoms with Gasteiger partial charge in [0, 0.05) is 23.4 Å². The van der Waals surface area contributed by atoms with Crippen LogP contribution in [0.3, 0.4) is 0 Å². The molecule has 0 bridgehead atoms. The number of rotatable bonds is 11. The van der Waals surface area contributed by atoms with E-state index in [2.05, 4.69) is 5.32 Å². The summed E-state index contributed by atoms with van der Waals surface area (Å²) in [6.45, 7) is 0. The monoisotopic (exact) mass is 543 g/mol.